The smallest absolute Gasteiger partial charge is 0.261 e. The van der Waals surface area contributed by atoms with E-state index < -0.39 is 0 Å². The summed E-state index contributed by atoms with van der Waals surface area (Å²) in [5, 5.41) is 8.54. The Morgan fingerprint density at radius 2 is 1.89 bits per heavy atom. The van der Waals surface area contributed by atoms with E-state index in [1.54, 1.807) is 18.2 Å². The molecule has 0 fully saturated rings. The lowest BCUT2D eigenvalue weighted by Crippen LogP contribution is -2.07. The van der Waals surface area contributed by atoms with Crippen LogP contribution >= 0.6 is 0 Å². The van der Waals surface area contributed by atoms with Crippen molar-refractivity contribution in [2.75, 3.05) is 19.0 Å². The van der Waals surface area contributed by atoms with Crippen LogP contribution in [0.5, 0.6) is 0 Å². The fourth-order valence-corrected chi connectivity index (χ4v) is 1.36. The van der Waals surface area contributed by atoms with Crippen LogP contribution in [0, 0.1) is 17.9 Å². The van der Waals surface area contributed by atoms with Crippen molar-refractivity contribution >= 4 is 11.8 Å². The first-order valence-corrected chi connectivity index (χ1v) is 5.77. The quantitative estimate of drug-likeness (QED) is 0.463. The van der Waals surface area contributed by atoms with Crippen molar-refractivity contribution in [1.82, 2.24) is 0 Å². The summed E-state index contributed by atoms with van der Waals surface area (Å²) in [4.78, 5) is 5.11. The molecule has 0 saturated heterocycles. The summed E-state index contributed by atoms with van der Waals surface area (Å²) in [5.41, 5.74) is 2.34. The topological polar surface area (TPSA) is 31.4 Å². The molecule has 1 aromatic carbocycles. The number of hydrogen-bond acceptors (Lipinski definition) is 2. The molecule has 0 N–H and O–H groups in total. The second kappa shape index (κ2) is 7.53. The standard InChI is InChI=1S/C16H15N3/c1-18-15(13-17)8-6-4-5-7-14-9-11-16(12-10-14)19(2)3/h4-12H,2-3H3. The van der Waals surface area contributed by atoms with Crippen LogP contribution in [-0.4, -0.2) is 14.1 Å². The number of anilines is 1. The summed E-state index contributed by atoms with van der Waals surface area (Å²) in [6, 6.07) is 9.98. The van der Waals surface area contributed by atoms with Gasteiger partial charge in [-0.1, -0.05) is 36.4 Å². The average Bonchev–Trinajstić information content (AvgIpc) is 2.43. The van der Waals surface area contributed by atoms with Gasteiger partial charge in [-0.2, -0.15) is 0 Å². The molecule has 0 amide bonds. The van der Waals surface area contributed by atoms with Gasteiger partial charge in [0, 0.05) is 19.8 Å². The van der Waals surface area contributed by atoms with Gasteiger partial charge < -0.3 is 4.90 Å². The molecule has 0 heterocycles. The van der Waals surface area contributed by atoms with Gasteiger partial charge in [0.2, 0.25) is 0 Å². The summed E-state index contributed by atoms with van der Waals surface area (Å²) in [7, 11) is 4.01. The van der Waals surface area contributed by atoms with Crippen LogP contribution in [0.2, 0.25) is 0 Å². The molecule has 1 rings (SSSR count). The number of nitriles is 1. The van der Waals surface area contributed by atoms with E-state index in [9.17, 15) is 0 Å². The van der Waals surface area contributed by atoms with Crippen LogP contribution in [0.25, 0.3) is 10.9 Å². The van der Waals surface area contributed by atoms with Gasteiger partial charge in [0.1, 0.15) is 0 Å². The third kappa shape index (κ3) is 4.93. The largest absolute Gasteiger partial charge is 0.378 e. The molecule has 19 heavy (non-hydrogen) atoms. The highest BCUT2D eigenvalue weighted by Gasteiger charge is 1.92. The predicted molar refractivity (Wildman–Crippen MR) is 79.2 cm³/mol. The summed E-state index contributed by atoms with van der Waals surface area (Å²) in [6.45, 7) is 6.71. The zero-order valence-corrected chi connectivity index (χ0v) is 11.0. The molecule has 0 bridgehead atoms. The van der Waals surface area contributed by atoms with Gasteiger partial charge in [0.25, 0.3) is 5.70 Å². The molecule has 3 heteroatoms. The van der Waals surface area contributed by atoms with Crippen molar-refractivity contribution in [2.24, 2.45) is 0 Å². The van der Waals surface area contributed by atoms with E-state index in [0.717, 1.165) is 11.3 Å². The zero-order valence-electron chi connectivity index (χ0n) is 11.0. The van der Waals surface area contributed by atoms with E-state index in [-0.39, 0.29) is 5.70 Å². The zero-order chi connectivity index (χ0) is 14.1. The van der Waals surface area contributed by atoms with Gasteiger partial charge in [-0.05, 0) is 23.8 Å². The van der Waals surface area contributed by atoms with Crippen molar-refractivity contribution in [1.29, 1.82) is 5.26 Å². The fourth-order valence-electron chi connectivity index (χ4n) is 1.36. The molecular formula is C16H15N3. The molecule has 0 spiro atoms. The molecule has 1 aromatic rings. The maximum Gasteiger partial charge on any atom is 0.261 e. The van der Waals surface area contributed by atoms with Crippen molar-refractivity contribution in [3.63, 3.8) is 0 Å². The van der Waals surface area contributed by atoms with Gasteiger partial charge in [-0.15, -0.1) is 0 Å². The first-order chi connectivity index (χ1) is 9.17. The lowest BCUT2D eigenvalue weighted by atomic mass is 10.2. The third-order valence-corrected chi connectivity index (χ3v) is 2.41. The minimum absolute atomic E-state index is 0.0833. The van der Waals surface area contributed by atoms with Gasteiger partial charge in [0.15, 0.2) is 0 Å². The Balaban J connectivity index is 2.64. The molecule has 0 saturated carbocycles. The van der Waals surface area contributed by atoms with E-state index in [1.165, 1.54) is 6.08 Å². The van der Waals surface area contributed by atoms with Gasteiger partial charge in [0.05, 0.1) is 12.6 Å². The lowest BCUT2D eigenvalue weighted by Gasteiger charge is -2.11. The molecule has 0 radical (unpaired) electrons. The first kappa shape index (κ1) is 14.3. The van der Waals surface area contributed by atoms with Crippen molar-refractivity contribution in [3.8, 4) is 6.07 Å². The lowest BCUT2D eigenvalue weighted by molar-refractivity contribution is 1.13. The Labute approximate surface area is 114 Å². The summed E-state index contributed by atoms with van der Waals surface area (Å²) >= 11 is 0. The van der Waals surface area contributed by atoms with E-state index >= 15 is 0 Å². The Kier molecular flexibility index (Phi) is 5.66. The second-order valence-corrected chi connectivity index (χ2v) is 4.01. The number of benzene rings is 1. The van der Waals surface area contributed by atoms with Crippen LogP contribution in [0.4, 0.5) is 5.69 Å². The fraction of sp³-hybridized carbons (Fsp3) is 0.125. The van der Waals surface area contributed by atoms with E-state index in [0.29, 0.717) is 0 Å². The molecule has 0 aromatic heterocycles. The Morgan fingerprint density at radius 1 is 1.21 bits per heavy atom. The highest BCUT2D eigenvalue weighted by atomic mass is 15.1. The summed E-state index contributed by atoms with van der Waals surface area (Å²) < 4.78 is 0. The van der Waals surface area contributed by atoms with Gasteiger partial charge in [-0.25, -0.2) is 10.1 Å². The van der Waals surface area contributed by atoms with Crippen LogP contribution < -0.4 is 4.90 Å². The Hall–Kier alpha value is -2.78. The van der Waals surface area contributed by atoms with E-state index in [2.05, 4.69) is 17.0 Å². The van der Waals surface area contributed by atoms with Crippen LogP contribution in [0.3, 0.4) is 0 Å². The van der Waals surface area contributed by atoms with Gasteiger partial charge >= 0.3 is 0 Å². The Morgan fingerprint density at radius 3 is 2.42 bits per heavy atom. The summed E-state index contributed by atoms with van der Waals surface area (Å²) in [6.07, 6.45) is 8.81. The molecule has 94 valence electrons. The predicted octanol–water partition coefficient (Wildman–Crippen LogP) is 3.65. The number of rotatable bonds is 4. The summed E-state index contributed by atoms with van der Waals surface area (Å²) in [5.74, 6) is 0. The highest BCUT2D eigenvalue weighted by molar-refractivity contribution is 5.56. The number of hydrogen-bond donors (Lipinski definition) is 0. The SMILES string of the molecule is [C-]#[N+]C(C#N)=CC=CC=Cc1ccc(N(C)C)cc1. The molecule has 3 nitrogen and oxygen atoms in total. The Bertz CT molecular complexity index is 560. The molecule has 0 unspecified atom stereocenters. The van der Waals surface area contributed by atoms with Gasteiger partial charge in [-0.3, -0.25) is 0 Å². The molecule has 0 aliphatic carbocycles. The van der Waals surface area contributed by atoms with Crippen molar-refractivity contribution < 1.29 is 0 Å². The van der Waals surface area contributed by atoms with Crippen molar-refractivity contribution in [3.05, 3.63) is 71.2 Å². The molecule has 0 aliphatic rings. The molecule has 0 aliphatic heterocycles. The number of allylic oxidation sites excluding steroid dienone is 5. The monoisotopic (exact) mass is 249 g/mol. The highest BCUT2D eigenvalue weighted by Crippen LogP contribution is 2.13. The maximum atomic E-state index is 8.54. The van der Waals surface area contributed by atoms with Crippen LogP contribution in [0.15, 0.2) is 54.3 Å². The normalized spacial score (nSPS) is 11.5. The van der Waals surface area contributed by atoms with Crippen molar-refractivity contribution in [2.45, 2.75) is 0 Å². The third-order valence-electron chi connectivity index (χ3n) is 2.41. The molecular weight excluding hydrogens is 234 g/mol. The second-order valence-electron chi connectivity index (χ2n) is 4.01. The average molecular weight is 249 g/mol. The number of nitrogens with zero attached hydrogens (tertiary/aromatic N) is 3. The van der Waals surface area contributed by atoms with E-state index in [4.69, 9.17) is 11.8 Å². The first-order valence-electron chi connectivity index (χ1n) is 5.77. The van der Waals surface area contributed by atoms with Crippen LogP contribution in [-0.2, 0) is 0 Å². The maximum absolute atomic E-state index is 8.54. The minimum Gasteiger partial charge on any atom is -0.378 e. The minimum atomic E-state index is 0.0833. The van der Waals surface area contributed by atoms with Crippen LogP contribution in [0.1, 0.15) is 5.56 Å². The van der Waals surface area contributed by atoms with E-state index in [1.807, 2.05) is 43.3 Å². The molecule has 0 atom stereocenters.